The summed E-state index contributed by atoms with van der Waals surface area (Å²) in [5, 5.41) is 17.8. The summed E-state index contributed by atoms with van der Waals surface area (Å²) in [6.07, 6.45) is 10.0. The zero-order valence-electron chi connectivity index (χ0n) is 17.3. The van der Waals surface area contributed by atoms with Gasteiger partial charge in [0.05, 0.1) is 0 Å². The van der Waals surface area contributed by atoms with Gasteiger partial charge in [-0.05, 0) is 0 Å². The van der Waals surface area contributed by atoms with Gasteiger partial charge in [-0.2, -0.15) is 0 Å². The first kappa shape index (κ1) is 22.0. The molecule has 0 aliphatic heterocycles. The molecule has 1 aromatic heterocycles. The average Bonchev–Trinajstić information content (AvgIpc) is 3.29. The molecule has 0 atom stereocenters. The fourth-order valence-corrected chi connectivity index (χ4v) is 6.32. The van der Waals surface area contributed by atoms with Gasteiger partial charge in [-0.1, -0.05) is 0 Å². The minimum atomic E-state index is -0.801. The van der Waals surface area contributed by atoms with Gasteiger partial charge >= 0.3 is 193 Å². The van der Waals surface area contributed by atoms with Crippen molar-refractivity contribution in [1.29, 1.82) is 0 Å². The normalized spacial score (nSPS) is 15.9. The molecule has 1 fully saturated rings. The molecule has 31 heavy (non-hydrogen) atoms. The van der Waals surface area contributed by atoms with E-state index >= 15 is 0 Å². The summed E-state index contributed by atoms with van der Waals surface area (Å²) >= 11 is -0.801. The molecule has 1 saturated carbocycles. The van der Waals surface area contributed by atoms with E-state index < -0.39 is 33.0 Å². The molecular formula is C24H27F2IN3O-. The second-order valence-corrected chi connectivity index (χ2v) is 10.7. The second kappa shape index (κ2) is 10.4. The zero-order valence-corrected chi connectivity index (χ0v) is 19.5. The third-order valence-electron chi connectivity index (χ3n) is 5.72. The number of aromatic hydroxyl groups is 1. The van der Waals surface area contributed by atoms with Gasteiger partial charge in [-0.15, -0.1) is 0 Å². The van der Waals surface area contributed by atoms with E-state index in [-0.39, 0.29) is 5.82 Å². The summed E-state index contributed by atoms with van der Waals surface area (Å²) in [5.74, 6) is -0.111. The van der Waals surface area contributed by atoms with Crippen LogP contribution in [0, 0.1) is 15.2 Å². The molecule has 1 aliphatic rings. The SMILES string of the molecule is Oc1cc(N([I-]c2ccc(F)cc2)c2cc(C3CCCCCCCC3)[nH]n2)ccc1F. The Bertz CT molecular complexity index is 983. The number of halogens is 3. The number of phenols is 1. The van der Waals surface area contributed by atoms with Gasteiger partial charge in [0, 0.05) is 0 Å². The Morgan fingerprint density at radius 2 is 1.58 bits per heavy atom. The van der Waals surface area contributed by atoms with E-state index in [2.05, 4.69) is 16.3 Å². The van der Waals surface area contributed by atoms with Gasteiger partial charge in [0.1, 0.15) is 0 Å². The first-order valence-corrected chi connectivity index (χ1v) is 12.9. The van der Waals surface area contributed by atoms with Gasteiger partial charge < -0.3 is 0 Å². The number of aromatic amines is 1. The molecule has 1 heterocycles. The summed E-state index contributed by atoms with van der Waals surface area (Å²) in [6, 6.07) is 12.9. The molecule has 0 spiro atoms. The number of hydrogen-bond donors (Lipinski definition) is 2. The number of aromatic nitrogens is 2. The van der Waals surface area contributed by atoms with Crippen molar-refractivity contribution in [3.05, 3.63) is 69.4 Å². The topological polar surface area (TPSA) is 52.1 Å². The van der Waals surface area contributed by atoms with Crippen molar-refractivity contribution >= 4 is 11.5 Å². The van der Waals surface area contributed by atoms with E-state index in [4.69, 9.17) is 0 Å². The second-order valence-electron chi connectivity index (χ2n) is 8.01. The Balaban J connectivity index is 1.62. The van der Waals surface area contributed by atoms with E-state index in [9.17, 15) is 13.9 Å². The molecule has 3 aromatic rings. The van der Waals surface area contributed by atoms with Crippen molar-refractivity contribution in [2.45, 2.75) is 57.3 Å². The molecule has 2 aromatic carbocycles. The van der Waals surface area contributed by atoms with Crippen molar-refractivity contribution < 1.29 is 35.4 Å². The van der Waals surface area contributed by atoms with Gasteiger partial charge in [-0.25, -0.2) is 0 Å². The minimum absolute atomic E-state index is 0.277. The summed E-state index contributed by atoms with van der Waals surface area (Å²) < 4.78 is 30.0. The quantitative estimate of drug-likeness (QED) is 0.386. The van der Waals surface area contributed by atoms with E-state index in [0.29, 0.717) is 11.6 Å². The van der Waals surface area contributed by atoms with Crippen molar-refractivity contribution in [1.82, 2.24) is 10.2 Å². The maximum atomic E-state index is 13.7. The molecule has 0 radical (unpaired) electrons. The van der Waals surface area contributed by atoms with Crippen molar-refractivity contribution in [3.8, 4) is 5.75 Å². The Morgan fingerprint density at radius 1 is 0.903 bits per heavy atom. The number of H-pyrrole nitrogens is 1. The average molecular weight is 538 g/mol. The number of rotatable bonds is 5. The monoisotopic (exact) mass is 538 g/mol. The van der Waals surface area contributed by atoms with Crippen LogP contribution in [0.25, 0.3) is 0 Å². The van der Waals surface area contributed by atoms with Crippen LogP contribution in [-0.4, -0.2) is 15.3 Å². The molecule has 0 amide bonds. The number of hydrogen-bond acceptors (Lipinski definition) is 3. The Morgan fingerprint density at radius 3 is 2.26 bits per heavy atom. The number of anilines is 2. The van der Waals surface area contributed by atoms with Gasteiger partial charge in [0.25, 0.3) is 0 Å². The van der Waals surface area contributed by atoms with Crippen LogP contribution in [0.5, 0.6) is 5.75 Å². The maximum absolute atomic E-state index is 13.7. The standard InChI is InChI=1S/C24H27F2IN3O/c25-18-9-11-19(12-10-18)27-30(20-13-14-21(26)23(31)15-20)24-16-22(28-29-24)17-7-5-3-1-2-4-6-8-17/h9-17,31H,1-8H2,(H,28,29)/q-1. The van der Waals surface area contributed by atoms with E-state index in [1.807, 2.05) is 3.11 Å². The molecule has 1 aliphatic carbocycles. The van der Waals surface area contributed by atoms with E-state index in [1.54, 1.807) is 18.2 Å². The summed E-state index contributed by atoms with van der Waals surface area (Å²) in [7, 11) is 0. The Labute approximate surface area is 192 Å². The number of phenolic OH excluding ortho intramolecular Hbond substituents is 1. The van der Waals surface area contributed by atoms with Crippen molar-refractivity contribution in [2.24, 2.45) is 0 Å². The van der Waals surface area contributed by atoms with Crippen LogP contribution >= 0.6 is 0 Å². The van der Waals surface area contributed by atoms with Crippen LogP contribution in [0.3, 0.4) is 0 Å². The fourth-order valence-electron chi connectivity index (χ4n) is 4.01. The molecule has 0 unspecified atom stereocenters. The number of nitrogens with one attached hydrogen (secondary N) is 1. The Kier molecular flexibility index (Phi) is 7.42. The molecule has 166 valence electrons. The fraction of sp³-hybridized carbons (Fsp3) is 0.375. The van der Waals surface area contributed by atoms with Crippen LogP contribution in [0.1, 0.15) is 63.0 Å². The van der Waals surface area contributed by atoms with E-state index in [0.717, 1.165) is 27.9 Å². The Hall–Kier alpha value is -2.16. The molecule has 0 bridgehead atoms. The molecular weight excluding hydrogens is 511 g/mol. The van der Waals surface area contributed by atoms with Crippen LogP contribution in [-0.2, 0) is 0 Å². The third-order valence-corrected chi connectivity index (χ3v) is 8.53. The van der Waals surface area contributed by atoms with Crippen LogP contribution < -0.4 is 24.6 Å². The van der Waals surface area contributed by atoms with E-state index in [1.165, 1.54) is 62.8 Å². The summed E-state index contributed by atoms with van der Waals surface area (Å²) in [4.78, 5) is 0. The van der Waals surface area contributed by atoms with Crippen LogP contribution in [0.4, 0.5) is 20.3 Å². The first-order chi connectivity index (χ1) is 15.1. The predicted molar refractivity (Wildman–Crippen MR) is 114 cm³/mol. The number of nitrogens with zero attached hydrogens (tertiary/aromatic N) is 2. The van der Waals surface area contributed by atoms with Crippen molar-refractivity contribution in [3.63, 3.8) is 0 Å². The van der Waals surface area contributed by atoms with Gasteiger partial charge in [0.2, 0.25) is 0 Å². The molecule has 2 N–H and O–H groups in total. The number of benzene rings is 2. The molecule has 7 heteroatoms. The predicted octanol–water partition coefficient (Wildman–Crippen LogP) is 3.62. The van der Waals surface area contributed by atoms with Gasteiger partial charge in [0.15, 0.2) is 0 Å². The van der Waals surface area contributed by atoms with Crippen molar-refractivity contribution in [2.75, 3.05) is 3.11 Å². The molecule has 4 nitrogen and oxygen atoms in total. The molecule has 4 rings (SSSR count). The zero-order chi connectivity index (χ0) is 21.6. The van der Waals surface area contributed by atoms with Gasteiger partial charge in [-0.3, -0.25) is 0 Å². The summed E-state index contributed by atoms with van der Waals surface area (Å²) in [5.41, 5.74) is 1.81. The van der Waals surface area contributed by atoms with Crippen LogP contribution in [0.15, 0.2) is 48.5 Å². The summed E-state index contributed by atoms with van der Waals surface area (Å²) in [6.45, 7) is 0. The third kappa shape index (κ3) is 5.75. The molecule has 0 saturated heterocycles. The first-order valence-electron chi connectivity index (χ1n) is 10.8. The van der Waals surface area contributed by atoms with Crippen LogP contribution in [0.2, 0.25) is 0 Å².